The molecular weight excluding hydrogens is 308 g/mol. The maximum atomic E-state index is 12.2. The van der Waals surface area contributed by atoms with Crippen LogP contribution in [0, 0.1) is 17.3 Å². The van der Waals surface area contributed by atoms with Gasteiger partial charge in [0.15, 0.2) is 0 Å². The predicted octanol–water partition coefficient (Wildman–Crippen LogP) is 2.59. The number of carboxylic acid groups (broad SMARTS) is 1. The number of anilines is 1. The summed E-state index contributed by atoms with van der Waals surface area (Å²) in [5.74, 6) is -0.972. The van der Waals surface area contributed by atoms with Crippen LogP contribution in [0.2, 0.25) is 0 Å². The van der Waals surface area contributed by atoms with Gasteiger partial charge in [-0.15, -0.1) is 0 Å². The van der Waals surface area contributed by atoms with E-state index in [9.17, 15) is 14.7 Å². The van der Waals surface area contributed by atoms with Crippen molar-refractivity contribution in [2.75, 3.05) is 5.32 Å². The third-order valence-electron chi connectivity index (χ3n) is 5.25. The van der Waals surface area contributed by atoms with Crippen molar-refractivity contribution < 1.29 is 14.7 Å². The van der Waals surface area contributed by atoms with Crippen LogP contribution in [-0.4, -0.2) is 32.5 Å². The Labute approximate surface area is 140 Å². The second-order valence-electron chi connectivity index (χ2n) is 7.05. The third-order valence-corrected chi connectivity index (χ3v) is 5.25. The van der Waals surface area contributed by atoms with Crippen molar-refractivity contribution in [2.45, 2.75) is 33.2 Å². The molecule has 24 heavy (non-hydrogen) atoms. The zero-order valence-corrected chi connectivity index (χ0v) is 14.0. The zero-order chi connectivity index (χ0) is 17.5. The Morgan fingerprint density at radius 1 is 1.42 bits per heavy atom. The molecule has 3 atom stereocenters. The molecule has 3 N–H and O–H groups in total. The quantitative estimate of drug-likeness (QED) is 0.803. The highest BCUT2D eigenvalue weighted by molar-refractivity contribution is 5.89. The minimum absolute atomic E-state index is 0.104. The van der Waals surface area contributed by atoms with E-state index in [4.69, 9.17) is 0 Å². The first-order valence-electron chi connectivity index (χ1n) is 8.02. The van der Waals surface area contributed by atoms with Gasteiger partial charge in [0, 0.05) is 24.6 Å². The van der Waals surface area contributed by atoms with E-state index in [0.29, 0.717) is 12.1 Å². The molecule has 2 aromatic rings. The maximum absolute atomic E-state index is 12.2. The summed E-state index contributed by atoms with van der Waals surface area (Å²) in [5.41, 5.74) is 1.15. The van der Waals surface area contributed by atoms with Gasteiger partial charge in [0.2, 0.25) is 0 Å². The van der Waals surface area contributed by atoms with Crippen LogP contribution in [0.1, 0.15) is 27.2 Å². The number of aliphatic carboxylic acids is 1. The molecule has 0 radical (unpaired) electrons. The molecule has 1 aliphatic carbocycles. The fourth-order valence-electron chi connectivity index (χ4n) is 3.70. The number of hydrogen-bond acceptors (Lipinski definition) is 3. The van der Waals surface area contributed by atoms with Gasteiger partial charge >= 0.3 is 12.0 Å². The van der Waals surface area contributed by atoms with E-state index in [1.54, 1.807) is 18.5 Å². The van der Waals surface area contributed by atoms with E-state index in [1.165, 1.54) is 0 Å². The number of rotatable bonds is 4. The zero-order valence-electron chi connectivity index (χ0n) is 14.0. The molecule has 1 saturated carbocycles. The summed E-state index contributed by atoms with van der Waals surface area (Å²) in [5, 5.41) is 14.9. The number of fused-ring (bicyclic) bond motifs is 1. The van der Waals surface area contributed by atoms with E-state index < -0.39 is 5.97 Å². The molecule has 2 heterocycles. The lowest BCUT2D eigenvalue weighted by molar-refractivity contribution is -0.160. The Bertz CT molecular complexity index is 783. The van der Waals surface area contributed by atoms with Crippen molar-refractivity contribution in [3.8, 4) is 0 Å². The molecule has 1 aliphatic rings. The minimum Gasteiger partial charge on any atom is -0.481 e. The molecule has 0 aromatic carbocycles. The van der Waals surface area contributed by atoms with Gasteiger partial charge in [-0.3, -0.25) is 4.79 Å². The number of carboxylic acids is 1. The van der Waals surface area contributed by atoms with Crippen molar-refractivity contribution >= 4 is 23.3 Å². The van der Waals surface area contributed by atoms with Crippen molar-refractivity contribution in [2.24, 2.45) is 17.3 Å². The Morgan fingerprint density at radius 2 is 2.17 bits per heavy atom. The van der Waals surface area contributed by atoms with Gasteiger partial charge < -0.3 is 20.1 Å². The van der Waals surface area contributed by atoms with Gasteiger partial charge in [0.1, 0.15) is 5.65 Å². The molecule has 0 saturated heterocycles. The second-order valence-corrected chi connectivity index (χ2v) is 7.05. The number of nitrogens with one attached hydrogen (secondary N) is 2. The van der Waals surface area contributed by atoms with Gasteiger partial charge in [0.25, 0.3) is 0 Å². The average Bonchev–Trinajstić information content (AvgIpc) is 2.92. The molecule has 2 amide bonds. The lowest BCUT2D eigenvalue weighted by Crippen LogP contribution is -2.57. The molecule has 128 valence electrons. The number of amides is 2. The largest absolute Gasteiger partial charge is 0.481 e. The van der Waals surface area contributed by atoms with Crippen LogP contribution in [0.4, 0.5) is 10.5 Å². The highest BCUT2D eigenvalue weighted by Gasteiger charge is 2.53. The average molecular weight is 330 g/mol. The van der Waals surface area contributed by atoms with Gasteiger partial charge in [-0.25, -0.2) is 9.78 Å². The van der Waals surface area contributed by atoms with Gasteiger partial charge in [-0.2, -0.15) is 0 Å². The van der Waals surface area contributed by atoms with Crippen molar-refractivity contribution in [1.82, 2.24) is 14.7 Å². The molecule has 0 bridgehead atoms. The summed E-state index contributed by atoms with van der Waals surface area (Å²) >= 11 is 0. The first-order valence-corrected chi connectivity index (χ1v) is 8.02. The Hall–Kier alpha value is -2.57. The summed E-state index contributed by atoms with van der Waals surface area (Å²) in [4.78, 5) is 27.6. The van der Waals surface area contributed by atoms with Crippen LogP contribution in [-0.2, 0) is 4.79 Å². The molecule has 0 aliphatic heterocycles. The predicted molar refractivity (Wildman–Crippen MR) is 89.8 cm³/mol. The Balaban J connectivity index is 1.59. The molecule has 3 rings (SSSR count). The van der Waals surface area contributed by atoms with E-state index in [0.717, 1.165) is 5.65 Å². The number of carbonyl (C=O) groups excluding carboxylic acids is 1. The first kappa shape index (κ1) is 16.3. The summed E-state index contributed by atoms with van der Waals surface area (Å²) in [6, 6.07) is 3.22. The smallest absolute Gasteiger partial charge is 0.319 e. The van der Waals surface area contributed by atoms with Crippen LogP contribution < -0.4 is 10.6 Å². The molecule has 1 unspecified atom stereocenters. The van der Waals surface area contributed by atoms with Gasteiger partial charge in [0.05, 0.1) is 11.6 Å². The van der Waals surface area contributed by atoms with E-state index in [2.05, 4.69) is 15.6 Å². The number of urea groups is 1. The fourth-order valence-corrected chi connectivity index (χ4v) is 3.70. The second kappa shape index (κ2) is 5.81. The third kappa shape index (κ3) is 2.81. The highest BCUT2D eigenvalue weighted by atomic mass is 16.4. The van der Waals surface area contributed by atoms with E-state index >= 15 is 0 Å². The number of carbonyl (C=O) groups is 2. The standard InChI is InChI=1S/C17H22N4O3/c1-10(12-8-13(15(22)23)17(12,2)3)19-16(24)20-11-4-5-14-18-6-7-21(14)9-11/h4-7,9-10,12-13H,8H2,1-3H3,(H,22,23)(H2,19,20,24)/t10?,12-,13+/m0/s1. The van der Waals surface area contributed by atoms with Crippen molar-refractivity contribution in [3.05, 3.63) is 30.7 Å². The monoisotopic (exact) mass is 330 g/mol. The highest BCUT2D eigenvalue weighted by Crippen LogP contribution is 2.52. The van der Waals surface area contributed by atoms with Gasteiger partial charge in [-0.1, -0.05) is 13.8 Å². The summed E-state index contributed by atoms with van der Waals surface area (Å²) in [7, 11) is 0. The fraction of sp³-hybridized carbons (Fsp3) is 0.471. The molecular formula is C17H22N4O3. The SMILES string of the molecule is CC(NC(=O)Nc1ccc2nccn2c1)[C@@H]1C[C@H](C(=O)O)C1(C)C. The van der Waals surface area contributed by atoms with Crippen LogP contribution in [0.15, 0.2) is 30.7 Å². The normalized spacial score (nSPS) is 23.3. The van der Waals surface area contributed by atoms with Crippen molar-refractivity contribution in [3.63, 3.8) is 0 Å². The lowest BCUT2D eigenvalue weighted by atomic mass is 9.53. The summed E-state index contributed by atoms with van der Waals surface area (Å²) < 4.78 is 1.82. The molecule has 1 fully saturated rings. The molecule has 7 nitrogen and oxygen atoms in total. The number of pyridine rings is 1. The van der Waals surface area contributed by atoms with E-state index in [-0.39, 0.29) is 29.3 Å². The van der Waals surface area contributed by atoms with E-state index in [1.807, 2.05) is 37.4 Å². The van der Waals surface area contributed by atoms with Crippen LogP contribution in [0.3, 0.4) is 0 Å². The maximum Gasteiger partial charge on any atom is 0.319 e. The molecule has 7 heteroatoms. The summed E-state index contributed by atoms with van der Waals surface area (Å²) in [6.07, 6.45) is 5.88. The van der Waals surface area contributed by atoms with Crippen LogP contribution in [0.5, 0.6) is 0 Å². The topological polar surface area (TPSA) is 95.7 Å². The number of aromatic nitrogens is 2. The number of nitrogens with zero attached hydrogens (tertiary/aromatic N) is 2. The van der Waals surface area contributed by atoms with Crippen LogP contribution in [0.25, 0.3) is 5.65 Å². The number of imidazole rings is 1. The first-order chi connectivity index (χ1) is 11.3. The molecule has 2 aromatic heterocycles. The lowest BCUT2D eigenvalue weighted by Gasteiger charge is -2.52. The van der Waals surface area contributed by atoms with Crippen molar-refractivity contribution in [1.29, 1.82) is 0 Å². The Morgan fingerprint density at radius 3 is 2.83 bits per heavy atom. The summed E-state index contributed by atoms with van der Waals surface area (Å²) in [6.45, 7) is 5.81. The Kier molecular flexibility index (Phi) is 3.95. The number of hydrogen-bond donors (Lipinski definition) is 3. The van der Waals surface area contributed by atoms with Gasteiger partial charge in [-0.05, 0) is 36.8 Å². The molecule has 0 spiro atoms. The van der Waals surface area contributed by atoms with Crippen LogP contribution >= 0.6 is 0 Å². The minimum atomic E-state index is -0.762.